The van der Waals surface area contributed by atoms with Crippen molar-refractivity contribution in [3.05, 3.63) is 29.5 Å². The first-order valence-electron chi connectivity index (χ1n) is 6.89. The van der Waals surface area contributed by atoms with Gasteiger partial charge in [0.2, 0.25) is 5.91 Å². The van der Waals surface area contributed by atoms with Gasteiger partial charge in [-0.3, -0.25) is 9.59 Å². The van der Waals surface area contributed by atoms with E-state index in [2.05, 4.69) is 10.6 Å². The third-order valence-electron chi connectivity index (χ3n) is 2.69. The molecule has 0 spiro atoms. The topological polar surface area (TPSA) is 76.7 Å². The van der Waals surface area contributed by atoms with Crippen LogP contribution in [0, 0.1) is 0 Å². The Labute approximate surface area is 130 Å². The molecule has 0 aliphatic heterocycles. The lowest BCUT2D eigenvalue weighted by Gasteiger charge is -2.13. The molecule has 1 rings (SSSR count). The van der Waals surface area contributed by atoms with Crippen LogP contribution in [0.25, 0.3) is 6.08 Å². The van der Waals surface area contributed by atoms with Crippen LogP contribution in [-0.4, -0.2) is 32.1 Å². The van der Waals surface area contributed by atoms with Gasteiger partial charge in [0, 0.05) is 13.0 Å². The van der Waals surface area contributed by atoms with E-state index in [1.807, 2.05) is 13.8 Å². The highest BCUT2D eigenvalue weighted by Crippen LogP contribution is 2.28. The van der Waals surface area contributed by atoms with E-state index in [4.69, 9.17) is 9.47 Å². The zero-order valence-electron chi connectivity index (χ0n) is 13.5. The van der Waals surface area contributed by atoms with Crippen LogP contribution in [0.15, 0.2) is 23.9 Å². The number of carbonyl (C=O) groups excluding carboxylic acids is 2. The maximum Gasteiger partial charge on any atom is 0.268 e. The molecule has 0 bridgehead atoms. The molecule has 1 aromatic carbocycles. The van der Waals surface area contributed by atoms with Crippen molar-refractivity contribution in [2.24, 2.45) is 0 Å². The van der Waals surface area contributed by atoms with Crippen molar-refractivity contribution in [3.8, 4) is 11.5 Å². The van der Waals surface area contributed by atoms with Gasteiger partial charge >= 0.3 is 0 Å². The smallest absolute Gasteiger partial charge is 0.268 e. The fourth-order valence-corrected chi connectivity index (χ4v) is 1.80. The zero-order chi connectivity index (χ0) is 16.7. The van der Waals surface area contributed by atoms with E-state index >= 15 is 0 Å². The second-order valence-electron chi connectivity index (χ2n) is 4.98. The number of ether oxygens (including phenoxy) is 2. The maximum atomic E-state index is 12.1. The minimum atomic E-state index is -0.347. The van der Waals surface area contributed by atoms with Crippen LogP contribution >= 0.6 is 0 Å². The van der Waals surface area contributed by atoms with Crippen LogP contribution in [-0.2, 0) is 9.59 Å². The third-order valence-corrected chi connectivity index (χ3v) is 2.69. The first-order chi connectivity index (χ1) is 10.4. The monoisotopic (exact) mass is 306 g/mol. The summed E-state index contributed by atoms with van der Waals surface area (Å²) in [6, 6.07) is 5.20. The molecule has 0 atom stereocenters. The summed E-state index contributed by atoms with van der Waals surface area (Å²) in [5, 5.41) is 5.28. The van der Waals surface area contributed by atoms with Gasteiger partial charge in [-0.05, 0) is 37.6 Å². The summed E-state index contributed by atoms with van der Waals surface area (Å²) < 4.78 is 10.4. The maximum absolute atomic E-state index is 12.1. The van der Waals surface area contributed by atoms with E-state index in [1.165, 1.54) is 14.0 Å². The van der Waals surface area contributed by atoms with Crippen molar-refractivity contribution in [1.82, 2.24) is 10.6 Å². The van der Waals surface area contributed by atoms with Crippen LogP contribution in [0.2, 0.25) is 0 Å². The summed E-state index contributed by atoms with van der Waals surface area (Å²) in [4.78, 5) is 23.4. The molecule has 0 saturated heterocycles. The van der Waals surface area contributed by atoms with Crippen LogP contribution in [0.3, 0.4) is 0 Å². The first-order valence-corrected chi connectivity index (χ1v) is 6.89. The van der Waals surface area contributed by atoms with Gasteiger partial charge < -0.3 is 20.1 Å². The SMILES string of the molecule is COc1ccc(/C=C(/NC(C)=O)C(=O)NC(C)C)cc1OC. The Bertz CT molecular complexity index is 580. The quantitative estimate of drug-likeness (QED) is 0.784. The normalized spacial score (nSPS) is 11.1. The summed E-state index contributed by atoms with van der Waals surface area (Å²) in [7, 11) is 3.08. The van der Waals surface area contributed by atoms with E-state index in [9.17, 15) is 9.59 Å². The summed E-state index contributed by atoms with van der Waals surface area (Å²) in [6.07, 6.45) is 1.58. The Kier molecular flexibility index (Phi) is 6.44. The van der Waals surface area contributed by atoms with E-state index in [0.29, 0.717) is 17.1 Å². The molecule has 2 N–H and O–H groups in total. The molecule has 0 radical (unpaired) electrons. The van der Waals surface area contributed by atoms with E-state index in [-0.39, 0.29) is 23.6 Å². The van der Waals surface area contributed by atoms with Crippen LogP contribution in [0.5, 0.6) is 11.5 Å². The number of amides is 2. The lowest BCUT2D eigenvalue weighted by atomic mass is 10.1. The second kappa shape index (κ2) is 8.07. The number of carbonyl (C=O) groups is 2. The minimum absolute atomic E-state index is 0.0324. The molecule has 120 valence electrons. The van der Waals surface area contributed by atoms with Crippen molar-refractivity contribution >= 4 is 17.9 Å². The van der Waals surface area contributed by atoms with Crippen LogP contribution in [0.1, 0.15) is 26.3 Å². The number of hydrogen-bond acceptors (Lipinski definition) is 4. The molecule has 0 fully saturated rings. The molecule has 0 saturated carbocycles. The van der Waals surface area contributed by atoms with Gasteiger partial charge in [-0.1, -0.05) is 6.07 Å². The van der Waals surface area contributed by atoms with Gasteiger partial charge in [-0.25, -0.2) is 0 Å². The van der Waals surface area contributed by atoms with Gasteiger partial charge in [0.25, 0.3) is 5.91 Å². The van der Waals surface area contributed by atoms with Crippen molar-refractivity contribution < 1.29 is 19.1 Å². The van der Waals surface area contributed by atoms with Crippen molar-refractivity contribution in [2.45, 2.75) is 26.8 Å². The molecule has 1 aromatic rings. The van der Waals surface area contributed by atoms with E-state index in [0.717, 1.165) is 0 Å². The second-order valence-corrected chi connectivity index (χ2v) is 4.98. The summed E-state index contributed by atoms with van der Waals surface area (Å²) in [5.74, 6) is 0.473. The zero-order valence-corrected chi connectivity index (χ0v) is 13.5. The fourth-order valence-electron chi connectivity index (χ4n) is 1.80. The molecule has 0 aliphatic rings. The minimum Gasteiger partial charge on any atom is -0.493 e. The molecule has 6 nitrogen and oxygen atoms in total. The largest absolute Gasteiger partial charge is 0.493 e. The molecule has 2 amide bonds. The van der Waals surface area contributed by atoms with Crippen molar-refractivity contribution in [2.75, 3.05) is 14.2 Å². The molecule has 0 aliphatic carbocycles. The molecule has 22 heavy (non-hydrogen) atoms. The number of methoxy groups -OCH3 is 2. The Balaban J connectivity index is 3.15. The predicted octanol–water partition coefficient (Wildman–Crippen LogP) is 1.71. The fraction of sp³-hybridized carbons (Fsp3) is 0.375. The van der Waals surface area contributed by atoms with Gasteiger partial charge in [0.05, 0.1) is 14.2 Å². The first kappa shape index (κ1) is 17.6. The average Bonchev–Trinajstić information content (AvgIpc) is 2.45. The Morgan fingerprint density at radius 2 is 1.77 bits per heavy atom. The number of nitrogens with one attached hydrogen (secondary N) is 2. The Hall–Kier alpha value is -2.50. The highest BCUT2D eigenvalue weighted by atomic mass is 16.5. The molecule has 6 heteroatoms. The molecule has 0 heterocycles. The lowest BCUT2D eigenvalue weighted by molar-refractivity contribution is -0.122. The van der Waals surface area contributed by atoms with E-state index in [1.54, 1.807) is 31.4 Å². The number of rotatable bonds is 6. The highest BCUT2D eigenvalue weighted by Gasteiger charge is 2.13. The Morgan fingerprint density at radius 1 is 1.14 bits per heavy atom. The van der Waals surface area contributed by atoms with Crippen LogP contribution < -0.4 is 20.1 Å². The molecule has 0 aromatic heterocycles. The standard InChI is InChI=1S/C16H22N2O4/c1-10(2)17-16(20)13(18-11(3)19)8-12-6-7-14(21-4)15(9-12)22-5/h6-10H,1-5H3,(H,17,20)(H,18,19)/b13-8+. The van der Waals surface area contributed by atoms with Gasteiger partial charge in [-0.15, -0.1) is 0 Å². The summed E-state index contributed by atoms with van der Waals surface area (Å²) in [6.45, 7) is 5.05. The highest BCUT2D eigenvalue weighted by molar-refractivity contribution is 6.01. The van der Waals surface area contributed by atoms with Gasteiger partial charge in [0.1, 0.15) is 5.70 Å². The Morgan fingerprint density at radius 3 is 2.27 bits per heavy atom. The average molecular weight is 306 g/mol. The molecule has 0 unspecified atom stereocenters. The van der Waals surface area contributed by atoms with Crippen LogP contribution in [0.4, 0.5) is 0 Å². The van der Waals surface area contributed by atoms with E-state index < -0.39 is 0 Å². The lowest BCUT2D eigenvalue weighted by Crippen LogP contribution is -2.37. The third kappa shape index (κ3) is 5.12. The van der Waals surface area contributed by atoms with Gasteiger partial charge in [-0.2, -0.15) is 0 Å². The van der Waals surface area contributed by atoms with Crippen molar-refractivity contribution in [3.63, 3.8) is 0 Å². The molecular formula is C16H22N2O4. The number of hydrogen-bond donors (Lipinski definition) is 2. The summed E-state index contributed by atoms with van der Waals surface area (Å²) >= 11 is 0. The number of benzene rings is 1. The van der Waals surface area contributed by atoms with Gasteiger partial charge in [0.15, 0.2) is 11.5 Å². The van der Waals surface area contributed by atoms with Crippen molar-refractivity contribution in [1.29, 1.82) is 0 Å². The molecular weight excluding hydrogens is 284 g/mol. The summed E-state index contributed by atoms with van der Waals surface area (Å²) in [5.41, 5.74) is 0.883. The predicted molar refractivity (Wildman–Crippen MR) is 84.6 cm³/mol.